The fraction of sp³-hybridized carbons (Fsp3) is 0.500. The van der Waals surface area contributed by atoms with E-state index in [0.717, 1.165) is 19.6 Å². The molecule has 104 valence electrons. The van der Waals surface area contributed by atoms with E-state index in [2.05, 4.69) is 23.1 Å². The minimum atomic E-state index is -0.577. The molecule has 3 rings (SSSR count). The lowest BCUT2D eigenvalue weighted by molar-refractivity contribution is -0.146. The lowest BCUT2D eigenvalue weighted by Gasteiger charge is -2.45. The molecule has 2 aliphatic rings. The van der Waals surface area contributed by atoms with Crippen LogP contribution in [0, 0.1) is 16.7 Å². The summed E-state index contributed by atoms with van der Waals surface area (Å²) in [5.74, 6) is 0.176. The molecule has 0 aromatic heterocycles. The van der Waals surface area contributed by atoms with Gasteiger partial charge in [-0.15, -0.1) is 0 Å². The van der Waals surface area contributed by atoms with E-state index < -0.39 is 5.41 Å². The molecule has 0 bridgehead atoms. The third kappa shape index (κ3) is 2.47. The van der Waals surface area contributed by atoms with Gasteiger partial charge in [0.1, 0.15) is 5.78 Å². The van der Waals surface area contributed by atoms with Crippen LogP contribution in [0.5, 0.6) is 0 Å². The fourth-order valence-corrected chi connectivity index (χ4v) is 3.05. The van der Waals surface area contributed by atoms with Gasteiger partial charge in [0.15, 0.2) is 0 Å². The van der Waals surface area contributed by atoms with Crippen LogP contribution in [0.4, 0.5) is 0 Å². The Balaban J connectivity index is 1.65. The van der Waals surface area contributed by atoms with E-state index in [1.165, 1.54) is 5.56 Å². The average molecular weight is 270 g/mol. The first-order valence-electron chi connectivity index (χ1n) is 7.03. The summed E-state index contributed by atoms with van der Waals surface area (Å²) < 4.78 is 5.78. The van der Waals surface area contributed by atoms with Crippen LogP contribution in [0.25, 0.3) is 0 Å². The van der Waals surface area contributed by atoms with Crippen LogP contribution in [0.15, 0.2) is 30.3 Å². The van der Waals surface area contributed by atoms with E-state index in [9.17, 15) is 10.1 Å². The standard InChI is InChI=1S/C16H18N2O2/c17-12-16(8-14(19)9-16)15-11-18(6-7-20-15)10-13-4-2-1-3-5-13/h1-5,15H,6-11H2. The minimum Gasteiger partial charge on any atom is -0.374 e. The number of nitriles is 1. The zero-order valence-corrected chi connectivity index (χ0v) is 11.4. The van der Waals surface area contributed by atoms with Crippen molar-refractivity contribution in [1.82, 2.24) is 4.90 Å². The summed E-state index contributed by atoms with van der Waals surface area (Å²) in [5, 5.41) is 9.38. The van der Waals surface area contributed by atoms with Crippen molar-refractivity contribution in [1.29, 1.82) is 5.26 Å². The maximum absolute atomic E-state index is 11.3. The summed E-state index contributed by atoms with van der Waals surface area (Å²) in [6, 6.07) is 12.6. The molecule has 4 nitrogen and oxygen atoms in total. The Morgan fingerprint density at radius 1 is 1.35 bits per heavy atom. The first kappa shape index (κ1) is 13.3. The highest BCUT2D eigenvalue weighted by atomic mass is 16.5. The molecule has 1 aromatic carbocycles. The number of rotatable bonds is 3. The van der Waals surface area contributed by atoms with Crippen molar-refractivity contribution in [3.8, 4) is 6.07 Å². The maximum atomic E-state index is 11.3. The van der Waals surface area contributed by atoms with Crippen molar-refractivity contribution >= 4 is 5.78 Å². The molecule has 0 amide bonds. The quantitative estimate of drug-likeness (QED) is 0.840. The van der Waals surface area contributed by atoms with Gasteiger partial charge >= 0.3 is 0 Å². The van der Waals surface area contributed by atoms with E-state index in [4.69, 9.17) is 4.74 Å². The molecule has 1 unspecified atom stereocenters. The van der Waals surface area contributed by atoms with Crippen molar-refractivity contribution in [3.63, 3.8) is 0 Å². The molecule has 2 fully saturated rings. The molecule has 1 aliphatic carbocycles. The SMILES string of the molecule is N#CC1(C2CN(Cc3ccccc3)CCO2)CC(=O)C1. The fourth-order valence-electron chi connectivity index (χ4n) is 3.05. The number of hydrogen-bond acceptors (Lipinski definition) is 4. The molecule has 1 saturated carbocycles. The smallest absolute Gasteiger partial charge is 0.136 e. The van der Waals surface area contributed by atoms with Gasteiger partial charge in [0.25, 0.3) is 0 Å². The number of carbonyl (C=O) groups is 1. The molecular weight excluding hydrogens is 252 g/mol. The van der Waals surface area contributed by atoms with E-state index in [1.54, 1.807) is 0 Å². The predicted molar refractivity (Wildman–Crippen MR) is 73.7 cm³/mol. The number of Topliss-reactive ketones (excluding diaryl/α,β-unsaturated/α-hetero) is 1. The van der Waals surface area contributed by atoms with Crippen molar-refractivity contribution in [3.05, 3.63) is 35.9 Å². The van der Waals surface area contributed by atoms with Gasteiger partial charge in [-0.3, -0.25) is 9.69 Å². The van der Waals surface area contributed by atoms with Crippen LogP contribution >= 0.6 is 0 Å². The van der Waals surface area contributed by atoms with E-state index >= 15 is 0 Å². The van der Waals surface area contributed by atoms with Crippen molar-refractivity contribution in [2.75, 3.05) is 19.7 Å². The van der Waals surface area contributed by atoms with E-state index in [0.29, 0.717) is 19.4 Å². The molecule has 1 saturated heterocycles. The second-order valence-corrected chi connectivity index (χ2v) is 5.74. The number of ether oxygens (including phenoxy) is 1. The molecule has 4 heteroatoms. The highest BCUT2D eigenvalue weighted by Crippen LogP contribution is 2.43. The molecule has 20 heavy (non-hydrogen) atoms. The zero-order chi connectivity index (χ0) is 14.0. The van der Waals surface area contributed by atoms with Gasteiger partial charge in [0.2, 0.25) is 0 Å². The van der Waals surface area contributed by atoms with Crippen molar-refractivity contribution < 1.29 is 9.53 Å². The van der Waals surface area contributed by atoms with Crippen LogP contribution in [0.1, 0.15) is 18.4 Å². The number of carbonyl (C=O) groups excluding carboxylic acids is 1. The number of nitrogens with zero attached hydrogens (tertiary/aromatic N) is 2. The first-order valence-corrected chi connectivity index (χ1v) is 7.03. The summed E-state index contributed by atoms with van der Waals surface area (Å²) in [4.78, 5) is 13.6. The number of ketones is 1. The van der Waals surface area contributed by atoms with Gasteiger partial charge in [-0.2, -0.15) is 5.26 Å². The number of hydrogen-bond donors (Lipinski definition) is 0. The maximum Gasteiger partial charge on any atom is 0.136 e. The molecule has 1 aromatic rings. The monoisotopic (exact) mass is 270 g/mol. The zero-order valence-electron chi connectivity index (χ0n) is 11.4. The van der Waals surface area contributed by atoms with Crippen LogP contribution in [-0.4, -0.2) is 36.5 Å². The summed E-state index contributed by atoms with van der Waals surface area (Å²) in [7, 11) is 0. The topological polar surface area (TPSA) is 53.3 Å². The molecule has 1 heterocycles. The highest BCUT2D eigenvalue weighted by molar-refractivity contribution is 5.87. The summed E-state index contributed by atoms with van der Waals surface area (Å²) in [6.07, 6.45) is 0.573. The second kappa shape index (κ2) is 5.35. The minimum absolute atomic E-state index is 0.136. The predicted octanol–water partition coefficient (Wildman–Crippen LogP) is 1.76. The van der Waals surface area contributed by atoms with E-state index in [-0.39, 0.29) is 11.9 Å². The van der Waals surface area contributed by atoms with Gasteiger partial charge in [-0.05, 0) is 5.56 Å². The molecule has 1 atom stereocenters. The molecule has 0 spiro atoms. The Labute approximate surface area is 118 Å². The molecule has 0 N–H and O–H groups in total. The van der Waals surface area contributed by atoms with Crippen LogP contribution in [0.2, 0.25) is 0 Å². The summed E-state index contributed by atoms with van der Waals surface area (Å²) in [6.45, 7) is 3.11. The Kier molecular flexibility index (Phi) is 3.56. The van der Waals surface area contributed by atoms with Crippen LogP contribution in [0.3, 0.4) is 0 Å². The van der Waals surface area contributed by atoms with Gasteiger partial charge in [0.05, 0.1) is 24.2 Å². The second-order valence-electron chi connectivity index (χ2n) is 5.74. The third-order valence-corrected chi connectivity index (χ3v) is 4.26. The first-order chi connectivity index (χ1) is 9.72. The molecule has 1 aliphatic heterocycles. The Bertz CT molecular complexity index is 527. The number of benzene rings is 1. The highest BCUT2D eigenvalue weighted by Gasteiger charge is 2.51. The van der Waals surface area contributed by atoms with Gasteiger partial charge in [0, 0.05) is 32.5 Å². The van der Waals surface area contributed by atoms with Gasteiger partial charge in [-0.1, -0.05) is 30.3 Å². The van der Waals surface area contributed by atoms with Gasteiger partial charge < -0.3 is 4.74 Å². The Hall–Kier alpha value is -1.70. The van der Waals surface area contributed by atoms with E-state index in [1.807, 2.05) is 18.2 Å². The van der Waals surface area contributed by atoms with Gasteiger partial charge in [-0.25, -0.2) is 0 Å². The van der Waals surface area contributed by atoms with Crippen molar-refractivity contribution in [2.24, 2.45) is 5.41 Å². The molecule has 0 radical (unpaired) electrons. The summed E-state index contributed by atoms with van der Waals surface area (Å²) >= 11 is 0. The van der Waals surface area contributed by atoms with Crippen LogP contribution in [-0.2, 0) is 16.1 Å². The lowest BCUT2D eigenvalue weighted by atomic mass is 9.65. The Morgan fingerprint density at radius 3 is 2.75 bits per heavy atom. The molecular formula is C16H18N2O2. The number of morpholine rings is 1. The van der Waals surface area contributed by atoms with Crippen molar-refractivity contribution in [2.45, 2.75) is 25.5 Å². The Morgan fingerprint density at radius 2 is 2.10 bits per heavy atom. The summed E-state index contributed by atoms with van der Waals surface area (Å²) in [5.41, 5.74) is 0.691. The largest absolute Gasteiger partial charge is 0.374 e. The lowest BCUT2D eigenvalue weighted by Crippen LogP contribution is -2.55. The van der Waals surface area contributed by atoms with Crippen LogP contribution < -0.4 is 0 Å². The normalized spacial score (nSPS) is 25.8. The third-order valence-electron chi connectivity index (χ3n) is 4.26. The average Bonchev–Trinajstić information content (AvgIpc) is 2.45.